The lowest BCUT2D eigenvalue weighted by Crippen LogP contribution is -2.03. The van der Waals surface area contributed by atoms with Gasteiger partial charge in [-0.2, -0.15) is 0 Å². The Hall–Kier alpha value is -4.13. The summed E-state index contributed by atoms with van der Waals surface area (Å²) >= 11 is 0. The maximum absolute atomic E-state index is 11.2. The summed E-state index contributed by atoms with van der Waals surface area (Å²) < 4.78 is 1.96. The van der Waals surface area contributed by atoms with E-state index in [1.165, 1.54) is 12.1 Å². The molecule has 5 rings (SSSR count). The molecule has 0 atom stereocenters. The first-order valence-corrected chi connectivity index (χ1v) is 9.11. The lowest BCUT2D eigenvalue weighted by atomic mass is 10.1. The van der Waals surface area contributed by atoms with Gasteiger partial charge in [0.2, 0.25) is 0 Å². The predicted molar refractivity (Wildman–Crippen MR) is 110 cm³/mol. The molecule has 0 spiro atoms. The summed E-state index contributed by atoms with van der Waals surface area (Å²) in [6.45, 7) is 0.530. The maximum Gasteiger partial charge on any atom is 0.270 e. The highest BCUT2D eigenvalue weighted by Gasteiger charge is 2.18. The second-order valence-electron chi connectivity index (χ2n) is 6.67. The average molecular weight is 381 g/mol. The summed E-state index contributed by atoms with van der Waals surface area (Å²) in [6.07, 6.45) is 0. The van der Waals surface area contributed by atoms with Gasteiger partial charge in [-0.1, -0.05) is 54.6 Å². The molecule has 0 saturated carbocycles. The fourth-order valence-corrected chi connectivity index (χ4v) is 3.39. The number of nitro groups is 1. The van der Waals surface area contributed by atoms with Crippen LogP contribution < -0.4 is 0 Å². The zero-order valence-corrected chi connectivity index (χ0v) is 15.3. The van der Waals surface area contributed by atoms with Gasteiger partial charge >= 0.3 is 0 Å². The van der Waals surface area contributed by atoms with Crippen molar-refractivity contribution in [2.75, 3.05) is 0 Å². The largest absolute Gasteiger partial charge is 0.303 e. The van der Waals surface area contributed by atoms with Crippen LogP contribution in [0, 0.1) is 10.1 Å². The predicted octanol–water partition coefficient (Wildman–Crippen LogP) is 4.60. The molecule has 0 aliphatic rings. The zero-order valence-electron chi connectivity index (χ0n) is 15.3. The van der Waals surface area contributed by atoms with E-state index >= 15 is 0 Å². The zero-order chi connectivity index (χ0) is 19.8. The molecule has 29 heavy (non-hydrogen) atoms. The first-order chi connectivity index (χ1) is 14.2. The molecule has 5 aromatic rings. The van der Waals surface area contributed by atoms with Crippen molar-refractivity contribution >= 4 is 28.0 Å². The van der Waals surface area contributed by atoms with E-state index in [-0.39, 0.29) is 5.69 Å². The number of para-hydroxylation sites is 2. The van der Waals surface area contributed by atoms with E-state index in [1.807, 2.05) is 65.2 Å². The first kappa shape index (κ1) is 17.0. The molecule has 0 N–H and O–H groups in total. The Labute approximate surface area is 165 Å². The van der Waals surface area contributed by atoms with Gasteiger partial charge in [-0.15, -0.1) is 0 Å². The molecule has 7 heteroatoms. The summed E-state index contributed by atoms with van der Waals surface area (Å²) in [5.74, 6) is 0.600. The smallest absolute Gasteiger partial charge is 0.270 e. The van der Waals surface area contributed by atoms with Crippen LogP contribution in [0.1, 0.15) is 5.56 Å². The fraction of sp³-hybridized carbons (Fsp3) is 0.0455. The van der Waals surface area contributed by atoms with E-state index in [1.54, 1.807) is 6.07 Å². The topological polar surface area (TPSA) is 86.7 Å². The van der Waals surface area contributed by atoms with Crippen LogP contribution in [0.3, 0.4) is 0 Å². The molecule has 140 valence electrons. The molecule has 0 aliphatic heterocycles. The number of nitrogens with zero attached hydrogens (tertiary/aromatic N) is 5. The molecule has 2 aromatic heterocycles. The highest BCUT2D eigenvalue weighted by Crippen LogP contribution is 2.28. The molecular formula is C22H15N5O2. The molecule has 3 aromatic carbocycles. The van der Waals surface area contributed by atoms with E-state index < -0.39 is 4.92 Å². The summed E-state index contributed by atoms with van der Waals surface area (Å²) in [5.41, 5.74) is 4.45. The Kier molecular flexibility index (Phi) is 3.98. The molecule has 0 amide bonds. The summed E-state index contributed by atoms with van der Waals surface area (Å²) in [5, 5.41) is 11.2. The van der Waals surface area contributed by atoms with Crippen LogP contribution in [0.5, 0.6) is 0 Å². The molecule has 0 aliphatic carbocycles. The first-order valence-electron chi connectivity index (χ1n) is 9.11. The van der Waals surface area contributed by atoms with Crippen molar-refractivity contribution in [3.8, 4) is 11.4 Å². The normalized spacial score (nSPS) is 11.2. The van der Waals surface area contributed by atoms with E-state index in [0.717, 1.165) is 16.6 Å². The third-order valence-electron chi connectivity index (χ3n) is 4.76. The highest BCUT2D eigenvalue weighted by atomic mass is 16.6. The van der Waals surface area contributed by atoms with Gasteiger partial charge in [-0.25, -0.2) is 15.0 Å². The van der Waals surface area contributed by atoms with E-state index in [0.29, 0.717) is 29.2 Å². The summed E-state index contributed by atoms with van der Waals surface area (Å²) in [7, 11) is 0. The van der Waals surface area contributed by atoms with Crippen molar-refractivity contribution in [3.05, 3.63) is 94.5 Å². The van der Waals surface area contributed by atoms with E-state index in [2.05, 4.69) is 4.98 Å². The number of rotatable bonds is 4. The van der Waals surface area contributed by atoms with Crippen molar-refractivity contribution < 1.29 is 4.92 Å². The maximum atomic E-state index is 11.2. The number of non-ortho nitro benzene ring substituents is 1. The lowest BCUT2D eigenvalue weighted by Gasteiger charge is -2.09. The van der Waals surface area contributed by atoms with Crippen LogP contribution in [-0.2, 0) is 6.54 Å². The quantitative estimate of drug-likeness (QED) is 0.335. The molecule has 0 radical (unpaired) electrons. The van der Waals surface area contributed by atoms with Crippen LogP contribution in [0.25, 0.3) is 33.7 Å². The van der Waals surface area contributed by atoms with Crippen LogP contribution in [0.4, 0.5) is 5.69 Å². The highest BCUT2D eigenvalue weighted by molar-refractivity contribution is 5.85. The molecular weight excluding hydrogens is 366 g/mol. The van der Waals surface area contributed by atoms with Crippen molar-refractivity contribution in [1.29, 1.82) is 0 Å². The minimum Gasteiger partial charge on any atom is -0.303 e. The van der Waals surface area contributed by atoms with Gasteiger partial charge in [-0.3, -0.25) is 10.1 Å². The van der Waals surface area contributed by atoms with Crippen LogP contribution >= 0.6 is 0 Å². The molecule has 7 nitrogen and oxygen atoms in total. The minimum absolute atomic E-state index is 0.0203. The standard InChI is InChI=1S/C22H15N5O2/c28-27(29)17-10-6-9-16(13-17)21-25-20-22(24-19-12-5-4-11-18(19)23-20)26(21)14-15-7-2-1-3-8-15/h1-13H,14H2. The lowest BCUT2D eigenvalue weighted by molar-refractivity contribution is -0.384. The van der Waals surface area contributed by atoms with Crippen LogP contribution in [0.15, 0.2) is 78.9 Å². The number of imidazole rings is 1. The van der Waals surface area contributed by atoms with Crippen molar-refractivity contribution in [3.63, 3.8) is 0 Å². The number of nitro benzene ring substituents is 1. The molecule has 2 heterocycles. The number of hydrogen-bond donors (Lipinski definition) is 0. The molecule has 0 fully saturated rings. The van der Waals surface area contributed by atoms with Gasteiger partial charge in [0.25, 0.3) is 5.69 Å². The Morgan fingerprint density at radius 3 is 2.31 bits per heavy atom. The van der Waals surface area contributed by atoms with Crippen molar-refractivity contribution in [2.45, 2.75) is 6.54 Å². The van der Waals surface area contributed by atoms with Gasteiger partial charge in [0, 0.05) is 17.7 Å². The van der Waals surface area contributed by atoms with E-state index in [9.17, 15) is 10.1 Å². The van der Waals surface area contributed by atoms with Crippen LogP contribution in [0.2, 0.25) is 0 Å². The second-order valence-corrected chi connectivity index (χ2v) is 6.67. The molecule has 0 unspecified atom stereocenters. The average Bonchev–Trinajstić information content (AvgIpc) is 3.10. The number of fused-ring (bicyclic) bond motifs is 2. The summed E-state index contributed by atoms with van der Waals surface area (Å²) in [4.78, 5) is 25.0. The van der Waals surface area contributed by atoms with Crippen molar-refractivity contribution in [1.82, 2.24) is 19.5 Å². The Morgan fingerprint density at radius 2 is 1.55 bits per heavy atom. The fourth-order valence-electron chi connectivity index (χ4n) is 3.39. The molecule has 0 saturated heterocycles. The molecule has 0 bridgehead atoms. The number of hydrogen-bond acceptors (Lipinski definition) is 5. The van der Waals surface area contributed by atoms with Gasteiger partial charge in [0.15, 0.2) is 11.3 Å². The third-order valence-corrected chi connectivity index (χ3v) is 4.76. The van der Waals surface area contributed by atoms with Gasteiger partial charge < -0.3 is 4.57 Å². The Balaban J connectivity index is 1.77. The van der Waals surface area contributed by atoms with Gasteiger partial charge in [0.1, 0.15) is 5.82 Å². The van der Waals surface area contributed by atoms with E-state index in [4.69, 9.17) is 9.97 Å². The third kappa shape index (κ3) is 3.08. The van der Waals surface area contributed by atoms with Crippen molar-refractivity contribution in [2.24, 2.45) is 0 Å². The monoisotopic (exact) mass is 381 g/mol. The van der Waals surface area contributed by atoms with Gasteiger partial charge in [0.05, 0.1) is 22.5 Å². The second kappa shape index (κ2) is 6.79. The Bertz CT molecular complexity index is 1360. The minimum atomic E-state index is -0.404. The number of aromatic nitrogens is 4. The van der Waals surface area contributed by atoms with Crippen LogP contribution in [-0.4, -0.2) is 24.4 Å². The number of benzene rings is 3. The Morgan fingerprint density at radius 1 is 0.828 bits per heavy atom. The van der Waals surface area contributed by atoms with Gasteiger partial charge in [-0.05, 0) is 17.7 Å². The SMILES string of the molecule is O=[N+]([O-])c1cccc(-c2nc3nc4ccccc4nc3n2Cc2ccccc2)c1. The summed E-state index contributed by atoms with van der Waals surface area (Å²) in [6, 6.07) is 24.1.